The van der Waals surface area contributed by atoms with E-state index in [4.69, 9.17) is 11.0 Å². The quantitative estimate of drug-likeness (QED) is 0.844. The molecule has 1 aromatic carbocycles. The summed E-state index contributed by atoms with van der Waals surface area (Å²) in [5, 5.41) is 12.4. The van der Waals surface area contributed by atoms with E-state index in [0.717, 1.165) is 0 Å². The van der Waals surface area contributed by atoms with Crippen LogP contribution < -0.4 is 5.73 Å². The molecule has 6 heteroatoms. The third-order valence-electron chi connectivity index (χ3n) is 2.34. The summed E-state index contributed by atoms with van der Waals surface area (Å²) >= 11 is 0. The van der Waals surface area contributed by atoms with Crippen LogP contribution in [-0.2, 0) is 0 Å². The molecule has 2 aromatic rings. The first-order chi connectivity index (χ1) is 8.11. The Kier molecular flexibility index (Phi) is 2.85. The highest BCUT2D eigenvalue weighted by atomic mass is 19.1. The van der Waals surface area contributed by atoms with Crippen molar-refractivity contribution in [2.75, 3.05) is 0 Å². The fraction of sp³-hybridized carbons (Fsp3) is 0.182. The molecule has 0 radical (unpaired) electrons. The number of aromatic nitrogens is 3. The van der Waals surface area contributed by atoms with Crippen molar-refractivity contribution < 1.29 is 4.39 Å². The van der Waals surface area contributed by atoms with Gasteiger partial charge in [0.2, 0.25) is 0 Å². The monoisotopic (exact) mass is 231 g/mol. The van der Waals surface area contributed by atoms with Crippen LogP contribution in [0.2, 0.25) is 0 Å². The van der Waals surface area contributed by atoms with Crippen molar-refractivity contribution in [2.24, 2.45) is 5.73 Å². The van der Waals surface area contributed by atoms with Gasteiger partial charge in [0.1, 0.15) is 23.9 Å². The minimum absolute atomic E-state index is 0.000620. The van der Waals surface area contributed by atoms with Gasteiger partial charge in [-0.2, -0.15) is 5.26 Å². The predicted octanol–water partition coefficient (Wildman–Crippen LogP) is 1.30. The largest absolute Gasteiger partial charge is 0.324 e. The summed E-state index contributed by atoms with van der Waals surface area (Å²) < 4.78 is 15.0. The summed E-state index contributed by atoms with van der Waals surface area (Å²) in [7, 11) is 0. The van der Waals surface area contributed by atoms with E-state index < -0.39 is 5.82 Å². The van der Waals surface area contributed by atoms with Gasteiger partial charge in [-0.25, -0.2) is 14.1 Å². The summed E-state index contributed by atoms with van der Waals surface area (Å²) in [4.78, 5) is 3.71. The van der Waals surface area contributed by atoms with Gasteiger partial charge in [-0.1, -0.05) is 6.07 Å². The van der Waals surface area contributed by atoms with Crippen LogP contribution >= 0.6 is 0 Å². The van der Waals surface area contributed by atoms with E-state index in [9.17, 15) is 4.39 Å². The van der Waals surface area contributed by atoms with Gasteiger partial charge in [-0.05, 0) is 24.6 Å². The maximum atomic E-state index is 13.8. The molecule has 0 spiro atoms. The second-order valence-corrected chi connectivity index (χ2v) is 3.62. The molecule has 2 N–H and O–H groups in total. The highest BCUT2D eigenvalue weighted by Gasteiger charge is 2.09. The van der Waals surface area contributed by atoms with Crippen molar-refractivity contribution in [3.8, 4) is 11.8 Å². The molecule has 0 saturated heterocycles. The molecule has 0 bridgehead atoms. The lowest BCUT2D eigenvalue weighted by Crippen LogP contribution is -2.07. The number of halogens is 1. The molecule has 0 aliphatic carbocycles. The molecule has 1 aromatic heterocycles. The number of nitrogens with two attached hydrogens (primary N) is 1. The molecule has 1 atom stereocenters. The summed E-state index contributed by atoms with van der Waals surface area (Å²) in [5.74, 6) is -0.449. The normalized spacial score (nSPS) is 12.1. The highest BCUT2D eigenvalue weighted by Crippen LogP contribution is 2.17. The van der Waals surface area contributed by atoms with Gasteiger partial charge in [0.25, 0.3) is 5.82 Å². The standard InChI is InChI=1S/C11H10FN5/c1-7(14)8-2-3-10(9(12)4-8)17-6-15-11(5-13)16-17/h2-4,6-7H,14H2,1H3/t7-/m0/s1. The van der Waals surface area contributed by atoms with Gasteiger partial charge in [0, 0.05) is 6.04 Å². The van der Waals surface area contributed by atoms with Crippen LogP contribution in [0.15, 0.2) is 24.5 Å². The van der Waals surface area contributed by atoms with Crippen LogP contribution in [0.4, 0.5) is 4.39 Å². The van der Waals surface area contributed by atoms with Crippen LogP contribution in [-0.4, -0.2) is 14.8 Å². The van der Waals surface area contributed by atoms with Gasteiger partial charge in [-0.3, -0.25) is 0 Å². The summed E-state index contributed by atoms with van der Waals surface area (Å²) in [6.07, 6.45) is 1.29. The van der Waals surface area contributed by atoms with Crippen LogP contribution in [0.25, 0.3) is 5.69 Å². The molecular weight excluding hydrogens is 221 g/mol. The summed E-state index contributed by atoms with van der Waals surface area (Å²) in [5.41, 5.74) is 6.59. The molecule has 1 heterocycles. The Balaban J connectivity index is 2.43. The van der Waals surface area contributed by atoms with E-state index in [1.165, 1.54) is 17.1 Å². The van der Waals surface area contributed by atoms with Crippen molar-refractivity contribution in [3.63, 3.8) is 0 Å². The summed E-state index contributed by atoms with van der Waals surface area (Å²) in [6, 6.07) is 6.18. The first kappa shape index (κ1) is 11.2. The van der Waals surface area contributed by atoms with Gasteiger partial charge in [-0.15, -0.1) is 5.10 Å². The first-order valence-electron chi connectivity index (χ1n) is 4.99. The Morgan fingerprint density at radius 3 is 2.82 bits per heavy atom. The molecule has 5 nitrogen and oxygen atoms in total. The van der Waals surface area contributed by atoms with Crippen molar-refractivity contribution in [1.29, 1.82) is 5.26 Å². The predicted molar refractivity (Wildman–Crippen MR) is 58.6 cm³/mol. The second kappa shape index (κ2) is 4.31. The zero-order valence-electron chi connectivity index (χ0n) is 9.13. The van der Waals surface area contributed by atoms with E-state index in [-0.39, 0.29) is 17.6 Å². The van der Waals surface area contributed by atoms with E-state index >= 15 is 0 Å². The van der Waals surface area contributed by atoms with E-state index in [2.05, 4.69) is 10.1 Å². The van der Waals surface area contributed by atoms with Crippen molar-refractivity contribution in [3.05, 3.63) is 41.7 Å². The van der Waals surface area contributed by atoms with Crippen LogP contribution in [0.3, 0.4) is 0 Å². The lowest BCUT2D eigenvalue weighted by atomic mass is 10.1. The zero-order valence-corrected chi connectivity index (χ0v) is 9.13. The number of nitrogens with zero attached hydrogens (tertiary/aromatic N) is 4. The Bertz CT molecular complexity index is 582. The zero-order chi connectivity index (χ0) is 12.4. The number of nitriles is 1. The Hall–Kier alpha value is -2.26. The van der Waals surface area contributed by atoms with Crippen LogP contribution in [0, 0.1) is 17.1 Å². The molecule has 86 valence electrons. The van der Waals surface area contributed by atoms with Crippen molar-refractivity contribution >= 4 is 0 Å². The molecule has 17 heavy (non-hydrogen) atoms. The number of hydrogen-bond acceptors (Lipinski definition) is 4. The maximum absolute atomic E-state index is 13.8. The van der Waals surface area contributed by atoms with Gasteiger partial charge in [0.05, 0.1) is 0 Å². The molecule has 0 aliphatic heterocycles. The second-order valence-electron chi connectivity index (χ2n) is 3.62. The van der Waals surface area contributed by atoms with E-state index in [0.29, 0.717) is 5.56 Å². The average molecular weight is 231 g/mol. The fourth-order valence-corrected chi connectivity index (χ4v) is 1.42. The number of rotatable bonds is 2. The molecule has 0 amide bonds. The Labute approximate surface area is 97.3 Å². The van der Waals surface area contributed by atoms with E-state index in [1.807, 2.05) is 0 Å². The maximum Gasteiger partial charge on any atom is 0.252 e. The molecule has 2 rings (SSSR count). The third-order valence-corrected chi connectivity index (χ3v) is 2.34. The van der Waals surface area contributed by atoms with Crippen molar-refractivity contribution in [2.45, 2.75) is 13.0 Å². The van der Waals surface area contributed by atoms with Crippen molar-refractivity contribution in [1.82, 2.24) is 14.8 Å². The summed E-state index contributed by atoms with van der Waals surface area (Å²) in [6.45, 7) is 1.78. The number of benzene rings is 1. The third kappa shape index (κ3) is 2.14. The smallest absolute Gasteiger partial charge is 0.252 e. The van der Waals surface area contributed by atoms with Crippen LogP contribution in [0.1, 0.15) is 24.4 Å². The topological polar surface area (TPSA) is 80.5 Å². The molecular formula is C11H10FN5. The van der Waals surface area contributed by atoms with Gasteiger partial charge >= 0.3 is 0 Å². The van der Waals surface area contributed by atoms with E-state index in [1.54, 1.807) is 25.1 Å². The molecule has 0 saturated carbocycles. The molecule has 0 aliphatic rings. The molecule has 0 unspecified atom stereocenters. The Morgan fingerprint density at radius 2 is 2.29 bits per heavy atom. The first-order valence-corrected chi connectivity index (χ1v) is 4.99. The Morgan fingerprint density at radius 1 is 1.53 bits per heavy atom. The fourth-order valence-electron chi connectivity index (χ4n) is 1.42. The van der Waals surface area contributed by atoms with Crippen LogP contribution in [0.5, 0.6) is 0 Å². The minimum Gasteiger partial charge on any atom is -0.324 e. The highest BCUT2D eigenvalue weighted by molar-refractivity contribution is 5.36. The van der Waals surface area contributed by atoms with Gasteiger partial charge < -0.3 is 5.73 Å². The molecule has 0 fully saturated rings. The average Bonchev–Trinajstić information content (AvgIpc) is 2.77. The minimum atomic E-state index is -0.450. The lowest BCUT2D eigenvalue weighted by molar-refractivity contribution is 0.605. The van der Waals surface area contributed by atoms with Gasteiger partial charge in [0.15, 0.2) is 0 Å². The SMILES string of the molecule is C[C@H](N)c1ccc(-n2cnc(C#N)n2)c(F)c1. The number of hydrogen-bond donors (Lipinski definition) is 1. The lowest BCUT2D eigenvalue weighted by Gasteiger charge is -2.08.